The second-order valence-electron chi connectivity index (χ2n) is 5.60. The van der Waals surface area contributed by atoms with Crippen LogP contribution in [-0.2, 0) is 0 Å². The van der Waals surface area contributed by atoms with Crippen LogP contribution in [0.25, 0.3) is 11.5 Å². The molecule has 0 amide bonds. The lowest BCUT2D eigenvalue weighted by molar-refractivity contribution is 0.117. The maximum Gasteiger partial charge on any atom is 0.243 e. The lowest BCUT2D eigenvalue weighted by atomic mass is 10.3. The summed E-state index contributed by atoms with van der Waals surface area (Å²) in [4.78, 5) is 4.32. The number of aromatic nitrogens is 3. The van der Waals surface area contributed by atoms with Gasteiger partial charge in [0.25, 0.3) is 0 Å². The fourth-order valence-corrected chi connectivity index (χ4v) is 2.22. The van der Waals surface area contributed by atoms with Gasteiger partial charge in [0.2, 0.25) is 5.95 Å². The molecule has 8 nitrogen and oxygen atoms in total. The molecule has 2 heterocycles. The highest BCUT2D eigenvalue weighted by Crippen LogP contribution is 2.20. The number of ether oxygens (including phenoxy) is 2. The summed E-state index contributed by atoms with van der Waals surface area (Å²) in [7, 11) is 1.59. The van der Waals surface area contributed by atoms with Gasteiger partial charge in [-0.2, -0.15) is 5.10 Å². The summed E-state index contributed by atoms with van der Waals surface area (Å²) in [6, 6.07) is 10.9. The van der Waals surface area contributed by atoms with Crippen molar-refractivity contribution in [1.82, 2.24) is 15.2 Å². The monoisotopic (exact) mass is 356 g/mol. The molecular weight excluding hydrogens is 336 g/mol. The zero-order valence-corrected chi connectivity index (χ0v) is 14.5. The topological polar surface area (TPSA) is 103 Å². The maximum absolute atomic E-state index is 10.1. The molecular formula is C18H20N4O4. The number of methoxy groups -OCH3 is 1. The third-order valence-corrected chi connectivity index (χ3v) is 3.53. The Bertz CT molecular complexity index is 852. The van der Waals surface area contributed by atoms with Crippen molar-refractivity contribution < 1.29 is 19.0 Å². The average Bonchev–Trinajstić information content (AvgIpc) is 3.11. The van der Waals surface area contributed by atoms with E-state index in [2.05, 4.69) is 20.5 Å². The molecule has 0 aliphatic rings. The summed E-state index contributed by atoms with van der Waals surface area (Å²) in [6.45, 7) is 2.19. The Hall–Kier alpha value is -3.13. The van der Waals surface area contributed by atoms with E-state index < -0.39 is 6.10 Å². The van der Waals surface area contributed by atoms with Crippen LogP contribution in [0.2, 0.25) is 0 Å². The van der Waals surface area contributed by atoms with Gasteiger partial charge < -0.3 is 24.3 Å². The highest BCUT2D eigenvalue weighted by Gasteiger charge is 2.10. The molecule has 0 bridgehead atoms. The molecule has 26 heavy (non-hydrogen) atoms. The van der Waals surface area contributed by atoms with E-state index in [-0.39, 0.29) is 13.2 Å². The Morgan fingerprint density at radius 1 is 1.23 bits per heavy atom. The number of aliphatic hydroxyl groups is 1. The molecule has 0 saturated heterocycles. The van der Waals surface area contributed by atoms with Gasteiger partial charge >= 0.3 is 0 Å². The molecule has 0 saturated carbocycles. The average molecular weight is 356 g/mol. The van der Waals surface area contributed by atoms with Gasteiger partial charge in [-0.3, -0.25) is 0 Å². The van der Waals surface area contributed by atoms with Gasteiger partial charge in [0.15, 0.2) is 5.76 Å². The first-order valence-electron chi connectivity index (χ1n) is 8.09. The van der Waals surface area contributed by atoms with Crippen LogP contribution < -0.4 is 14.8 Å². The fourth-order valence-electron chi connectivity index (χ4n) is 2.22. The van der Waals surface area contributed by atoms with E-state index in [4.69, 9.17) is 13.9 Å². The van der Waals surface area contributed by atoms with Crippen molar-refractivity contribution in [2.75, 3.05) is 25.6 Å². The van der Waals surface area contributed by atoms with Gasteiger partial charge in [-0.15, -0.1) is 5.10 Å². The Morgan fingerprint density at radius 2 is 2.08 bits per heavy atom. The zero-order chi connectivity index (χ0) is 18.4. The van der Waals surface area contributed by atoms with E-state index in [0.717, 1.165) is 5.76 Å². The summed E-state index contributed by atoms with van der Waals surface area (Å²) in [6.07, 6.45) is 0.769. The second kappa shape index (κ2) is 8.30. The van der Waals surface area contributed by atoms with Crippen molar-refractivity contribution in [3.05, 3.63) is 48.4 Å². The predicted molar refractivity (Wildman–Crippen MR) is 95.3 cm³/mol. The van der Waals surface area contributed by atoms with E-state index in [1.165, 1.54) is 6.20 Å². The SMILES string of the molecule is COc1cccc(OCC(O)CNc2nncc(-c3ccc(C)o3)n2)c1. The van der Waals surface area contributed by atoms with Crippen LogP contribution in [-0.4, -0.2) is 46.7 Å². The van der Waals surface area contributed by atoms with Gasteiger partial charge in [-0.25, -0.2) is 4.98 Å². The van der Waals surface area contributed by atoms with E-state index >= 15 is 0 Å². The van der Waals surface area contributed by atoms with Gasteiger partial charge in [0, 0.05) is 12.6 Å². The third kappa shape index (κ3) is 4.70. The smallest absolute Gasteiger partial charge is 0.243 e. The minimum atomic E-state index is -0.751. The first kappa shape index (κ1) is 17.7. The Morgan fingerprint density at radius 3 is 2.85 bits per heavy atom. The maximum atomic E-state index is 10.1. The van der Waals surface area contributed by atoms with Crippen molar-refractivity contribution in [2.24, 2.45) is 0 Å². The number of furan rings is 1. The molecule has 0 spiro atoms. The van der Waals surface area contributed by atoms with Crippen LogP contribution in [0.3, 0.4) is 0 Å². The van der Waals surface area contributed by atoms with Gasteiger partial charge in [0.1, 0.15) is 35.7 Å². The summed E-state index contributed by atoms with van der Waals surface area (Å²) >= 11 is 0. The molecule has 2 aromatic heterocycles. The molecule has 0 radical (unpaired) electrons. The first-order chi connectivity index (χ1) is 12.6. The second-order valence-corrected chi connectivity index (χ2v) is 5.60. The molecule has 1 unspecified atom stereocenters. The van der Waals surface area contributed by atoms with Gasteiger partial charge in [-0.1, -0.05) is 6.07 Å². The summed E-state index contributed by atoms with van der Waals surface area (Å²) in [5.41, 5.74) is 0.567. The number of anilines is 1. The van der Waals surface area contributed by atoms with Crippen LogP contribution in [0.15, 0.2) is 47.0 Å². The van der Waals surface area contributed by atoms with Crippen LogP contribution in [0, 0.1) is 6.92 Å². The number of hydrogen-bond acceptors (Lipinski definition) is 8. The molecule has 0 fully saturated rings. The largest absolute Gasteiger partial charge is 0.497 e. The minimum Gasteiger partial charge on any atom is -0.497 e. The molecule has 1 aromatic carbocycles. The molecule has 2 N–H and O–H groups in total. The fraction of sp³-hybridized carbons (Fsp3) is 0.278. The normalized spacial score (nSPS) is 11.8. The number of benzene rings is 1. The minimum absolute atomic E-state index is 0.116. The van der Waals surface area contributed by atoms with E-state index in [1.54, 1.807) is 19.2 Å². The molecule has 0 aliphatic carbocycles. The molecule has 3 rings (SSSR count). The van der Waals surface area contributed by atoms with E-state index in [1.807, 2.05) is 31.2 Å². The van der Waals surface area contributed by atoms with Crippen LogP contribution >= 0.6 is 0 Å². The van der Waals surface area contributed by atoms with E-state index in [0.29, 0.717) is 28.9 Å². The lowest BCUT2D eigenvalue weighted by Gasteiger charge is -2.13. The van der Waals surface area contributed by atoms with Crippen LogP contribution in [0.4, 0.5) is 5.95 Å². The molecule has 3 aromatic rings. The molecule has 136 valence electrons. The van der Waals surface area contributed by atoms with Gasteiger partial charge in [-0.05, 0) is 31.2 Å². The van der Waals surface area contributed by atoms with Crippen molar-refractivity contribution in [3.63, 3.8) is 0 Å². The number of aliphatic hydroxyl groups excluding tert-OH is 1. The lowest BCUT2D eigenvalue weighted by Crippen LogP contribution is -2.27. The zero-order valence-electron chi connectivity index (χ0n) is 14.5. The summed E-state index contributed by atoms with van der Waals surface area (Å²) in [5.74, 6) is 3.02. The van der Waals surface area contributed by atoms with Crippen molar-refractivity contribution in [3.8, 4) is 23.0 Å². The third-order valence-electron chi connectivity index (χ3n) is 3.53. The Kier molecular flexibility index (Phi) is 5.65. The number of rotatable bonds is 8. The van der Waals surface area contributed by atoms with Gasteiger partial charge in [0.05, 0.1) is 13.3 Å². The van der Waals surface area contributed by atoms with E-state index in [9.17, 15) is 5.11 Å². The van der Waals surface area contributed by atoms with Crippen molar-refractivity contribution in [1.29, 1.82) is 0 Å². The quantitative estimate of drug-likeness (QED) is 0.634. The summed E-state index contributed by atoms with van der Waals surface area (Å²) in [5, 5.41) is 20.8. The predicted octanol–water partition coefficient (Wildman–Crippen LogP) is 2.30. The Labute approximate surface area is 150 Å². The van der Waals surface area contributed by atoms with Crippen molar-refractivity contribution >= 4 is 5.95 Å². The Balaban J connectivity index is 1.52. The molecule has 0 aliphatic heterocycles. The summed E-state index contributed by atoms with van der Waals surface area (Å²) < 4.78 is 16.2. The van der Waals surface area contributed by atoms with Crippen molar-refractivity contribution in [2.45, 2.75) is 13.0 Å². The number of hydrogen-bond donors (Lipinski definition) is 2. The van der Waals surface area contributed by atoms with Crippen LogP contribution in [0.5, 0.6) is 11.5 Å². The first-order valence-corrected chi connectivity index (χ1v) is 8.09. The molecule has 1 atom stereocenters. The standard InChI is InChI=1S/C18H20N4O4/c1-12-6-7-17(26-12)16-10-20-22-18(21-16)19-9-13(23)11-25-15-5-3-4-14(8-15)24-2/h3-8,10,13,23H,9,11H2,1-2H3,(H,19,21,22). The number of aryl methyl sites for hydroxylation is 1. The molecule has 8 heteroatoms. The van der Waals surface area contributed by atoms with Crippen LogP contribution in [0.1, 0.15) is 5.76 Å². The number of nitrogens with one attached hydrogen (secondary N) is 1. The highest BCUT2D eigenvalue weighted by atomic mass is 16.5. The highest BCUT2D eigenvalue weighted by molar-refractivity contribution is 5.52. The number of nitrogens with zero attached hydrogens (tertiary/aromatic N) is 3.